The van der Waals surface area contributed by atoms with Gasteiger partial charge in [-0.2, -0.15) is 0 Å². The summed E-state index contributed by atoms with van der Waals surface area (Å²) in [4.78, 5) is 32.3. The molecule has 6 nitrogen and oxygen atoms in total. The highest BCUT2D eigenvalue weighted by atomic mass is 16.5. The van der Waals surface area contributed by atoms with Crippen molar-refractivity contribution < 1.29 is 19.1 Å². The van der Waals surface area contributed by atoms with Gasteiger partial charge >= 0.3 is 11.9 Å². The van der Waals surface area contributed by atoms with Gasteiger partial charge in [0.15, 0.2) is 0 Å². The summed E-state index contributed by atoms with van der Waals surface area (Å²) in [6.07, 6.45) is 3.30. The standard InChI is InChI=1S/C20H28N2O4/c1-13(2)17(19(23)25-5)21-11-15-8-7-9-16(10-15)12-22-18(14(3)4)20(24)26-6/h7-14,17-18H,1-6H3/t17-,18-/m0/s1. The fraction of sp³-hybridized carbons (Fsp3) is 0.500. The highest BCUT2D eigenvalue weighted by Gasteiger charge is 2.22. The maximum atomic E-state index is 11.8. The number of nitrogens with zero attached hydrogens (tertiary/aromatic N) is 2. The van der Waals surface area contributed by atoms with E-state index in [9.17, 15) is 9.59 Å². The molecule has 6 heteroatoms. The molecular formula is C20H28N2O4. The molecule has 0 radical (unpaired) electrons. The van der Waals surface area contributed by atoms with Gasteiger partial charge in [-0.1, -0.05) is 45.9 Å². The Morgan fingerprint density at radius 3 is 1.54 bits per heavy atom. The van der Waals surface area contributed by atoms with Crippen LogP contribution in [0.15, 0.2) is 34.3 Å². The van der Waals surface area contributed by atoms with E-state index in [1.165, 1.54) is 14.2 Å². The summed E-state index contributed by atoms with van der Waals surface area (Å²) in [6, 6.07) is 6.44. The van der Waals surface area contributed by atoms with Crippen molar-refractivity contribution in [3.05, 3.63) is 35.4 Å². The molecule has 2 atom stereocenters. The van der Waals surface area contributed by atoms with Crippen LogP contribution in [0.25, 0.3) is 0 Å². The Bertz CT molecular complexity index is 612. The maximum absolute atomic E-state index is 11.8. The van der Waals surface area contributed by atoms with Gasteiger partial charge in [-0.15, -0.1) is 0 Å². The van der Waals surface area contributed by atoms with Gasteiger partial charge in [0.25, 0.3) is 0 Å². The fourth-order valence-corrected chi connectivity index (χ4v) is 2.30. The van der Waals surface area contributed by atoms with Crippen molar-refractivity contribution in [3.8, 4) is 0 Å². The SMILES string of the molecule is COC(=O)[C@@H](N=Cc1cccc(C=N[C@H](C(=O)OC)C(C)C)c1)C(C)C. The van der Waals surface area contributed by atoms with Crippen molar-refractivity contribution in [2.24, 2.45) is 21.8 Å². The van der Waals surface area contributed by atoms with Crippen molar-refractivity contribution >= 4 is 24.4 Å². The van der Waals surface area contributed by atoms with E-state index in [0.29, 0.717) is 0 Å². The molecule has 0 heterocycles. The molecule has 0 fully saturated rings. The van der Waals surface area contributed by atoms with Crippen LogP contribution in [-0.2, 0) is 19.1 Å². The molecule has 0 aliphatic rings. The van der Waals surface area contributed by atoms with Crippen molar-refractivity contribution in [2.75, 3.05) is 14.2 Å². The smallest absolute Gasteiger partial charge is 0.330 e. The van der Waals surface area contributed by atoms with Crippen LogP contribution >= 0.6 is 0 Å². The highest BCUT2D eigenvalue weighted by Crippen LogP contribution is 2.11. The van der Waals surface area contributed by atoms with E-state index < -0.39 is 12.1 Å². The Balaban J connectivity index is 2.97. The molecule has 0 aliphatic carbocycles. The third-order valence-electron chi connectivity index (χ3n) is 3.83. The molecule has 0 aliphatic heterocycles. The highest BCUT2D eigenvalue weighted by molar-refractivity contribution is 5.89. The number of carbonyl (C=O) groups excluding carboxylic acids is 2. The van der Waals surface area contributed by atoms with Gasteiger partial charge in [0.1, 0.15) is 12.1 Å². The lowest BCUT2D eigenvalue weighted by atomic mass is 10.0. The van der Waals surface area contributed by atoms with E-state index in [0.717, 1.165) is 11.1 Å². The van der Waals surface area contributed by atoms with Crippen molar-refractivity contribution in [1.82, 2.24) is 0 Å². The first-order valence-electron chi connectivity index (χ1n) is 8.62. The molecular weight excluding hydrogens is 332 g/mol. The molecule has 0 bridgehead atoms. The summed E-state index contributed by atoms with van der Waals surface area (Å²) >= 11 is 0. The number of aliphatic imine (C=N–C) groups is 2. The molecule has 0 aromatic heterocycles. The first kappa shape index (κ1) is 21.5. The number of rotatable bonds is 8. The number of carbonyl (C=O) groups is 2. The molecule has 0 N–H and O–H groups in total. The topological polar surface area (TPSA) is 77.3 Å². The Morgan fingerprint density at radius 1 is 0.846 bits per heavy atom. The van der Waals surface area contributed by atoms with Crippen molar-refractivity contribution in [2.45, 2.75) is 39.8 Å². The van der Waals surface area contributed by atoms with Gasteiger partial charge in [0, 0.05) is 12.4 Å². The number of hydrogen-bond donors (Lipinski definition) is 0. The summed E-state index contributed by atoms with van der Waals surface area (Å²) in [5, 5.41) is 0. The van der Waals surface area contributed by atoms with Crippen molar-refractivity contribution in [1.29, 1.82) is 0 Å². The van der Waals surface area contributed by atoms with Gasteiger partial charge in [-0.3, -0.25) is 9.98 Å². The van der Waals surface area contributed by atoms with Gasteiger partial charge in [0.2, 0.25) is 0 Å². The van der Waals surface area contributed by atoms with Gasteiger partial charge in [-0.25, -0.2) is 9.59 Å². The number of methoxy groups -OCH3 is 2. The number of esters is 2. The van der Waals surface area contributed by atoms with Gasteiger partial charge in [-0.05, 0) is 29.0 Å². The minimum absolute atomic E-state index is 0.0373. The molecule has 0 spiro atoms. The van der Waals surface area contributed by atoms with E-state index in [-0.39, 0.29) is 23.8 Å². The molecule has 0 saturated heterocycles. The Morgan fingerprint density at radius 2 is 1.23 bits per heavy atom. The van der Waals surface area contributed by atoms with Crippen LogP contribution in [0.3, 0.4) is 0 Å². The predicted molar refractivity (Wildman–Crippen MR) is 103 cm³/mol. The van der Waals surface area contributed by atoms with E-state index in [1.807, 2.05) is 52.0 Å². The fourth-order valence-electron chi connectivity index (χ4n) is 2.30. The van der Waals surface area contributed by atoms with E-state index in [4.69, 9.17) is 9.47 Å². The monoisotopic (exact) mass is 360 g/mol. The first-order valence-corrected chi connectivity index (χ1v) is 8.62. The molecule has 26 heavy (non-hydrogen) atoms. The normalized spacial score (nSPS) is 14.2. The second-order valence-corrected chi connectivity index (χ2v) is 6.65. The van der Waals surface area contributed by atoms with Crippen LogP contribution in [0.5, 0.6) is 0 Å². The minimum atomic E-state index is -0.540. The second kappa shape index (κ2) is 10.5. The maximum Gasteiger partial charge on any atom is 0.330 e. The van der Waals surface area contributed by atoms with Crippen molar-refractivity contribution in [3.63, 3.8) is 0 Å². The Hall–Kier alpha value is -2.50. The molecule has 1 aromatic rings. The zero-order valence-electron chi connectivity index (χ0n) is 16.3. The first-order chi connectivity index (χ1) is 12.3. The lowest BCUT2D eigenvalue weighted by Crippen LogP contribution is -2.26. The zero-order valence-corrected chi connectivity index (χ0v) is 16.3. The quantitative estimate of drug-likeness (QED) is 0.527. The van der Waals surface area contributed by atoms with E-state index >= 15 is 0 Å². The third-order valence-corrected chi connectivity index (χ3v) is 3.83. The molecule has 1 aromatic carbocycles. The van der Waals surface area contributed by atoms with Crippen LogP contribution in [-0.4, -0.2) is 50.7 Å². The van der Waals surface area contributed by atoms with Crippen LogP contribution < -0.4 is 0 Å². The zero-order chi connectivity index (χ0) is 19.7. The van der Waals surface area contributed by atoms with Crippen LogP contribution in [0.4, 0.5) is 0 Å². The predicted octanol–water partition coefficient (Wildman–Crippen LogP) is 2.92. The average molecular weight is 360 g/mol. The van der Waals surface area contributed by atoms with Gasteiger partial charge in [0.05, 0.1) is 14.2 Å². The number of hydrogen-bond acceptors (Lipinski definition) is 6. The number of ether oxygens (including phenoxy) is 2. The third kappa shape index (κ3) is 6.43. The minimum Gasteiger partial charge on any atom is -0.467 e. The molecule has 0 saturated carbocycles. The van der Waals surface area contributed by atoms with Gasteiger partial charge < -0.3 is 9.47 Å². The summed E-state index contributed by atoms with van der Waals surface area (Å²) in [7, 11) is 2.72. The lowest BCUT2D eigenvalue weighted by Gasteiger charge is -2.13. The second-order valence-electron chi connectivity index (χ2n) is 6.65. The molecule has 1 rings (SSSR count). The summed E-state index contributed by atoms with van der Waals surface area (Å²) in [6.45, 7) is 7.67. The van der Waals surface area contributed by atoms with E-state index in [1.54, 1.807) is 12.4 Å². The summed E-state index contributed by atoms with van der Waals surface area (Å²) < 4.78 is 9.58. The number of benzene rings is 1. The van der Waals surface area contributed by atoms with Crippen LogP contribution in [0, 0.1) is 11.8 Å². The largest absolute Gasteiger partial charge is 0.467 e. The molecule has 0 amide bonds. The van der Waals surface area contributed by atoms with E-state index in [2.05, 4.69) is 9.98 Å². The Kier molecular flexibility index (Phi) is 8.68. The lowest BCUT2D eigenvalue weighted by molar-refractivity contribution is -0.143. The summed E-state index contributed by atoms with van der Waals surface area (Å²) in [5.74, 6) is -0.635. The molecule has 0 unspecified atom stereocenters. The van der Waals surface area contributed by atoms with Crippen LogP contribution in [0.2, 0.25) is 0 Å². The van der Waals surface area contributed by atoms with Crippen LogP contribution in [0.1, 0.15) is 38.8 Å². The Labute approximate surface area is 155 Å². The summed E-state index contributed by atoms with van der Waals surface area (Å²) in [5.41, 5.74) is 1.67. The average Bonchev–Trinajstić information content (AvgIpc) is 2.61. The molecule has 142 valence electrons.